The second-order valence-corrected chi connectivity index (χ2v) is 3.92. The summed E-state index contributed by atoms with van der Waals surface area (Å²) in [5.41, 5.74) is 0.969. The van der Waals surface area contributed by atoms with Crippen LogP contribution in [0.2, 0.25) is 0 Å². The lowest BCUT2D eigenvalue weighted by molar-refractivity contribution is -0.140. The predicted molar refractivity (Wildman–Crippen MR) is 67.7 cm³/mol. The Morgan fingerprint density at radius 3 is 2.68 bits per heavy atom. The van der Waals surface area contributed by atoms with Crippen LogP contribution in [0.4, 0.5) is 0 Å². The number of nitrogens with zero attached hydrogens (tertiary/aromatic N) is 1. The Bertz CT molecular complexity index is 622. The molecule has 0 saturated heterocycles. The zero-order chi connectivity index (χ0) is 13.8. The Kier molecular flexibility index (Phi) is 3.72. The number of aliphatic hydroxyl groups excluding tert-OH is 1. The van der Waals surface area contributed by atoms with Crippen LogP contribution in [0.15, 0.2) is 36.5 Å². The third-order valence-corrected chi connectivity index (χ3v) is 2.68. The van der Waals surface area contributed by atoms with Crippen LogP contribution in [0.5, 0.6) is 0 Å². The van der Waals surface area contributed by atoms with Gasteiger partial charge in [0, 0.05) is 11.6 Å². The van der Waals surface area contributed by atoms with Gasteiger partial charge in [0.05, 0.1) is 17.7 Å². The van der Waals surface area contributed by atoms with E-state index in [1.807, 2.05) is 0 Å². The average molecular weight is 260 g/mol. The van der Waals surface area contributed by atoms with Gasteiger partial charge in [0.1, 0.15) is 0 Å². The summed E-state index contributed by atoms with van der Waals surface area (Å²) in [6.45, 7) is -0.663. The largest absolute Gasteiger partial charge is 0.480 e. The van der Waals surface area contributed by atoms with Crippen LogP contribution in [0, 0.1) is 0 Å². The normalized spacial score (nSPS) is 12.1. The summed E-state index contributed by atoms with van der Waals surface area (Å²) >= 11 is 0. The fourth-order valence-corrected chi connectivity index (χ4v) is 1.72. The zero-order valence-corrected chi connectivity index (χ0v) is 9.91. The first-order valence-corrected chi connectivity index (χ1v) is 5.61. The first-order valence-electron chi connectivity index (χ1n) is 5.61. The van der Waals surface area contributed by atoms with Crippen molar-refractivity contribution >= 4 is 22.8 Å². The number of carbonyl (C=O) groups excluding carboxylic acids is 1. The first kappa shape index (κ1) is 13.0. The molecule has 0 aliphatic carbocycles. The van der Waals surface area contributed by atoms with E-state index in [-0.39, 0.29) is 0 Å². The van der Waals surface area contributed by atoms with Gasteiger partial charge in [-0.2, -0.15) is 0 Å². The summed E-state index contributed by atoms with van der Waals surface area (Å²) in [5, 5.41) is 20.6. The first-order chi connectivity index (χ1) is 9.13. The number of carbonyl (C=O) groups is 2. The number of aliphatic carboxylic acids is 1. The maximum atomic E-state index is 12.0. The Morgan fingerprint density at radius 1 is 1.26 bits per heavy atom. The lowest BCUT2D eigenvalue weighted by atomic mass is 10.1. The number of aromatic nitrogens is 1. The van der Waals surface area contributed by atoms with Crippen molar-refractivity contribution in [2.24, 2.45) is 0 Å². The van der Waals surface area contributed by atoms with Gasteiger partial charge in [0.2, 0.25) is 0 Å². The van der Waals surface area contributed by atoms with Gasteiger partial charge in [0.25, 0.3) is 5.91 Å². The Balaban J connectivity index is 2.34. The quantitative estimate of drug-likeness (QED) is 0.739. The number of nitrogens with one attached hydrogen (secondary N) is 1. The molecule has 0 aliphatic rings. The molecular formula is C13H12N2O4. The second-order valence-electron chi connectivity index (χ2n) is 3.92. The summed E-state index contributed by atoms with van der Waals surface area (Å²) in [6, 6.07) is 7.23. The molecule has 0 radical (unpaired) electrons. The number of hydrogen-bond donors (Lipinski definition) is 3. The van der Waals surface area contributed by atoms with E-state index in [0.29, 0.717) is 16.5 Å². The molecule has 3 N–H and O–H groups in total. The third-order valence-electron chi connectivity index (χ3n) is 2.68. The van der Waals surface area contributed by atoms with Gasteiger partial charge in [0.15, 0.2) is 6.04 Å². The van der Waals surface area contributed by atoms with Gasteiger partial charge in [-0.3, -0.25) is 9.78 Å². The van der Waals surface area contributed by atoms with Gasteiger partial charge in [-0.25, -0.2) is 4.79 Å². The molecule has 2 rings (SSSR count). The van der Waals surface area contributed by atoms with Crippen molar-refractivity contribution in [3.8, 4) is 0 Å². The van der Waals surface area contributed by atoms with Gasteiger partial charge in [-0.1, -0.05) is 18.2 Å². The fourth-order valence-electron chi connectivity index (χ4n) is 1.72. The number of fused-ring (bicyclic) bond motifs is 1. The molecule has 19 heavy (non-hydrogen) atoms. The molecule has 6 nitrogen and oxygen atoms in total. The van der Waals surface area contributed by atoms with Crippen LogP contribution in [0.1, 0.15) is 10.4 Å². The molecular weight excluding hydrogens is 248 g/mol. The highest BCUT2D eigenvalue weighted by atomic mass is 16.4. The van der Waals surface area contributed by atoms with Crippen molar-refractivity contribution in [2.75, 3.05) is 6.61 Å². The molecule has 2 aromatic rings. The van der Waals surface area contributed by atoms with Crippen LogP contribution in [0.25, 0.3) is 10.9 Å². The summed E-state index contributed by atoms with van der Waals surface area (Å²) in [6.07, 6.45) is 1.48. The smallest absolute Gasteiger partial charge is 0.328 e. The molecule has 0 fully saturated rings. The molecule has 0 aliphatic heterocycles. The number of carboxylic acid groups (broad SMARTS) is 1. The van der Waals surface area contributed by atoms with E-state index < -0.39 is 24.5 Å². The topological polar surface area (TPSA) is 99.5 Å². The maximum absolute atomic E-state index is 12.0. The van der Waals surface area contributed by atoms with Crippen molar-refractivity contribution in [1.82, 2.24) is 10.3 Å². The number of pyridine rings is 1. The van der Waals surface area contributed by atoms with Gasteiger partial charge < -0.3 is 15.5 Å². The number of amides is 1. The molecule has 0 unspecified atom stereocenters. The van der Waals surface area contributed by atoms with Crippen molar-refractivity contribution < 1.29 is 19.8 Å². The SMILES string of the molecule is O=C(N[C@@H](CO)C(=O)O)c1ccnc2ccccc12. The number of rotatable bonds is 4. The summed E-state index contributed by atoms with van der Waals surface area (Å²) < 4.78 is 0. The van der Waals surface area contributed by atoms with Crippen LogP contribution >= 0.6 is 0 Å². The molecule has 6 heteroatoms. The van der Waals surface area contributed by atoms with Crippen LogP contribution < -0.4 is 5.32 Å². The lowest BCUT2D eigenvalue weighted by Gasteiger charge is -2.12. The molecule has 0 saturated carbocycles. The highest BCUT2D eigenvalue weighted by Crippen LogP contribution is 2.16. The highest BCUT2D eigenvalue weighted by molar-refractivity contribution is 6.06. The van der Waals surface area contributed by atoms with Crippen LogP contribution in [-0.2, 0) is 4.79 Å². The van der Waals surface area contributed by atoms with E-state index in [9.17, 15) is 9.59 Å². The Morgan fingerprint density at radius 2 is 2.00 bits per heavy atom. The number of benzene rings is 1. The number of aliphatic hydroxyl groups is 1. The van der Waals surface area contributed by atoms with Gasteiger partial charge in [-0.05, 0) is 12.1 Å². The summed E-state index contributed by atoms with van der Waals surface area (Å²) in [5.74, 6) is -1.84. The van der Waals surface area contributed by atoms with E-state index in [1.165, 1.54) is 12.3 Å². The average Bonchev–Trinajstić information content (AvgIpc) is 2.43. The Hall–Kier alpha value is -2.47. The minimum absolute atomic E-state index is 0.324. The van der Waals surface area contributed by atoms with Crippen molar-refractivity contribution in [3.05, 3.63) is 42.1 Å². The lowest BCUT2D eigenvalue weighted by Crippen LogP contribution is -2.43. The number of hydrogen-bond acceptors (Lipinski definition) is 4. The minimum atomic E-state index is -1.32. The Labute approximate surface area is 108 Å². The van der Waals surface area contributed by atoms with E-state index in [0.717, 1.165) is 0 Å². The standard InChI is InChI=1S/C13H12N2O4/c16-7-11(13(18)19)15-12(17)9-5-6-14-10-4-2-1-3-8(9)10/h1-6,11,16H,7H2,(H,15,17)(H,18,19)/t11-/m0/s1. The van der Waals surface area contributed by atoms with Crippen molar-refractivity contribution in [1.29, 1.82) is 0 Å². The van der Waals surface area contributed by atoms with Gasteiger partial charge in [-0.15, -0.1) is 0 Å². The predicted octanol–water partition coefficient (Wildman–Crippen LogP) is 0.410. The molecule has 1 amide bonds. The maximum Gasteiger partial charge on any atom is 0.328 e. The monoisotopic (exact) mass is 260 g/mol. The van der Waals surface area contributed by atoms with Crippen molar-refractivity contribution in [2.45, 2.75) is 6.04 Å². The van der Waals surface area contributed by atoms with E-state index in [1.54, 1.807) is 24.3 Å². The summed E-state index contributed by atoms with van der Waals surface area (Å²) in [7, 11) is 0. The molecule has 1 heterocycles. The molecule has 0 spiro atoms. The number of carboxylic acids is 1. The molecule has 98 valence electrons. The number of para-hydroxylation sites is 1. The van der Waals surface area contributed by atoms with Crippen LogP contribution in [0.3, 0.4) is 0 Å². The third kappa shape index (κ3) is 2.69. The van der Waals surface area contributed by atoms with Crippen molar-refractivity contribution in [3.63, 3.8) is 0 Å². The molecule has 1 aromatic carbocycles. The van der Waals surface area contributed by atoms with Gasteiger partial charge >= 0.3 is 5.97 Å². The minimum Gasteiger partial charge on any atom is -0.480 e. The molecule has 1 aromatic heterocycles. The molecule has 0 bridgehead atoms. The highest BCUT2D eigenvalue weighted by Gasteiger charge is 2.20. The van der Waals surface area contributed by atoms with E-state index in [4.69, 9.17) is 10.2 Å². The van der Waals surface area contributed by atoms with E-state index in [2.05, 4.69) is 10.3 Å². The zero-order valence-electron chi connectivity index (χ0n) is 9.91. The summed E-state index contributed by atoms with van der Waals surface area (Å²) in [4.78, 5) is 26.9. The van der Waals surface area contributed by atoms with E-state index >= 15 is 0 Å². The molecule has 1 atom stereocenters. The fraction of sp³-hybridized carbons (Fsp3) is 0.154. The second kappa shape index (κ2) is 5.45. The van der Waals surface area contributed by atoms with Crippen LogP contribution in [-0.4, -0.2) is 39.7 Å².